The molecule has 0 radical (unpaired) electrons. The minimum absolute atomic E-state index is 0.0544. The number of hydrogen-bond donors (Lipinski definition) is 1. The van der Waals surface area contributed by atoms with Gasteiger partial charge in [-0.1, -0.05) is 39.0 Å². The Morgan fingerprint density at radius 1 is 1.26 bits per heavy atom. The standard InChI is InChI=1S/C28H32FN3O5S/c1-15(2)12-21(34)28(4,5)23-24(35)22-16(3)26(32-11-7-10-30-32)38-27(22)31(25(23)36)14-19(33)18-13-17(29)8-9-20(18)37-6/h7-11,13,15,19,23,33H,12,14H2,1-6H3/t19-,23?/m0/s1. The van der Waals surface area contributed by atoms with E-state index in [4.69, 9.17) is 4.74 Å². The zero-order valence-corrected chi connectivity index (χ0v) is 23.1. The highest BCUT2D eigenvalue weighted by molar-refractivity contribution is 7.19. The zero-order chi connectivity index (χ0) is 27.9. The number of β-amino-alcohol motifs (C(OH)–C–C–N with tert-alkyl or cyclic N) is 1. The van der Waals surface area contributed by atoms with Crippen LogP contribution in [0, 0.1) is 30.0 Å². The summed E-state index contributed by atoms with van der Waals surface area (Å²) in [7, 11) is 1.41. The molecule has 0 saturated carbocycles. The summed E-state index contributed by atoms with van der Waals surface area (Å²) in [6.45, 7) is 8.59. The maximum absolute atomic E-state index is 14.1. The van der Waals surface area contributed by atoms with E-state index in [1.54, 1.807) is 43.9 Å². The van der Waals surface area contributed by atoms with Crippen molar-refractivity contribution >= 4 is 33.8 Å². The Hall–Kier alpha value is -3.37. The van der Waals surface area contributed by atoms with Crippen LogP contribution < -0.4 is 9.64 Å². The number of ether oxygens (including phenoxy) is 1. The summed E-state index contributed by atoms with van der Waals surface area (Å²) >= 11 is 1.20. The van der Waals surface area contributed by atoms with Crippen molar-refractivity contribution in [2.75, 3.05) is 18.6 Å². The minimum Gasteiger partial charge on any atom is -0.496 e. The fourth-order valence-electron chi connectivity index (χ4n) is 4.93. The number of methoxy groups -OCH3 is 1. The minimum atomic E-state index is -1.32. The van der Waals surface area contributed by atoms with Crippen molar-refractivity contribution in [2.45, 2.75) is 47.1 Å². The van der Waals surface area contributed by atoms with Gasteiger partial charge in [0.25, 0.3) is 0 Å². The van der Waals surface area contributed by atoms with Crippen molar-refractivity contribution < 1.29 is 28.6 Å². The van der Waals surface area contributed by atoms with Crippen molar-refractivity contribution in [1.82, 2.24) is 9.78 Å². The van der Waals surface area contributed by atoms with E-state index in [0.29, 0.717) is 21.1 Å². The van der Waals surface area contributed by atoms with Crippen molar-refractivity contribution in [3.8, 4) is 10.8 Å². The normalized spacial score (nSPS) is 16.7. The zero-order valence-electron chi connectivity index (χ0n) is 22.3. The molecule has 1 N–H and O–H groups in total. The van der Waals surface area contributed by atoms with E-state index >= 15 is 0 Å². The molecule has 1 aliphatic heterocycles. The maximum atomic E-state index is 14.1. The smallest absolute Gasteiger partial charge is 0.239 e. The highest BCUT2D eigenvalue weighted by atomic mass is 32.1. The molecule has 1 aliphatic rings. The number of anilines is 1. The van der Waals surface area contributed by atoms with Crippen molar-refractivity contribution in [1.29, 1.82) is 0 Å². The summed E-state index contributed by atoms with van der Waals surface area (Å²) in [6, 6.07) is 5.53. The molecule has 0 aliphatic carbocycles. The quantitative estimate of drug-likeness (QED) is 0.386. The SMILES string of the molecule is COc1ccc(F)cc1[C@@H](O)CN1C(=O)C(C(C)(C)C(=O)CC(C)C)C(=O)c2c1sc(-n1cccn1)c2C. The Morgan fingerprint density at radius 3 is 2.58 bits per heavy atom. The average molecular weight is 542 g/mol. The molecule has 0 bridgehead atoms. The molecule has 2 atom stereocenters. The average Bonchev–Trinajstić information content (AvgIpc) is 3.49. The second-order valence-electron chi connectivity index (χ2n) is 10.6. The van der Waals surface area contributed by atoms with Gasteiger partial charge in [0.2, 0.25) is 5.91 Å². The second kappa shape index (κ2) is 10.4. The number of fused-ring (bicyclic) bond motifs is 1. The molecular weight excluding hydrogens is 509 g/mol. The van der Waals surface area contributed by atoms with Crippen LogP contribution in [0.4, 0.5) is 9.39 Å². The fourth-order valence-corrected chi connectivity index (χ4v) is 6.20. The first-order chi connectivity index (χ1) is 17.9. The predicted molar refractivity (Wildman–Crippen MR) is 143 cm³/mol. The van der Waals surface area contributed by atoms with Crippen LogP contribution in [0.25, 0.3) is 5.00 Å². The summed E-state index contributed by atoms with van der Waals surface area (Å²) < 4.78 is 21.0. The third-order valence-electron chi connectivity index (χ3n) is 7.02. The Morgan fingerprint density at radius 2 is 1.97 bits per heavy atom. The van der Waals surface area contributed by atoms with Gasteiger partial charge in [0.15, 0.2) is 5.78 Å². The number of carbonyl (C=O) groups is 3. The number of ketones is 2. The van der Waals surface area contributed by atoms with Gasteiger partial charge in [-0.2, -0.15) is 5.10 Å². The monoisotopic (exact) mass is 541 g/mol. The largest absolute Gasteiger partial charge is 0.496 e. The third-order valence-corrected chi connectivity index (χ3v) is 8.33. The molecule has 0 fully saturated rings. The highest BCUT2D eigenvalue weighted by Crippen LogP contribution is 2.48. The van der Waals surface area contributed by atoms with Gasteiger partial charge in [-0.15, -0.1) is 0 Å². The van der Waals surface area contributed by atoms with E-state index in [0.717, 1.165) is 6.07 Å². The third kappa shape index (κ3) is 4.78. The summed E-state index contributed by atoms with van der Waals surface area (Å²) in [5.41, 5.74) is -0.151. The van der Waals surface area contributed by atoms with Crippen LogP contribution in [-0.4, -0.2) is 46.0 Å². The number of carbonyl (C=O) groups excluding carboxylic acids is 3. The second-order valence-corrected chi connectivity index (χ2v) is 11.5. The lowest BCUT2D eigenvalue weighted by Gasteiger charge is -2.39. The Bertz CT molecular complexity index is 1380. The van der Waals surface area contributed by atoms with E-state index in [1.807, 2.05) is 13.8 Å². The topological polar surface area (TPSA) is 102 Å². The summed E-state index contributed by atoms with van der Waals surface area (Å²) in [4.78, 5) is 42.6. The van der Waals surface area contributed by atoms with Gasteiger partial charge >= 0.3 is 0 Å². The number of aliphatic hydroxyl groups excluding tert-OH is 1. The molecule has 1 aromatic carbocycles. The molecule has 4 rings (SSSR count). The Kier molecular flexibility index (Phi) is 7.58. The first kappa shape index (κ1) is 27.7. The van der Waals surface area contributed by atoms with E-state index in [-0.39, 0.29) is 36.0 Å². The number of aromatic nitrogens is 2. The first-order valence-electron chi connectivity index (χ1n) is 12.4. The molecule has 202 valence electrons. The summed E-state index contributed by atoms with van der Waals surface area (Å²) in [6.07, 6.45) is 2.25. The van der Waals surface area contributed by atoms with E-state index in [2.05, 4.69) is 5.10 Å². The van der Waals surface area contributed by atoms with Crippen LogP contribution in [-0.2, 0) is 9.59 Å². The van der Waals surface area contributed by atoms with Gasteiger partial charge in [0, 0.05) is 29.8 Å². The predicted octanol–water partition coefficient (Wildman–Crippen LogP) is 4.91. The number of rotatable bonds is 9. The number of hydrogen-bond acceptors (Lipinski definition) is 7. The number of thiophene rings is 1. The van der Waals surface area contributed by atoms with Gasteiger partial charge in [-0.05, 0) is 42.7 Å². The van der Waals surface area contributed by atoms with E-state index < -0.39 is 34.9 Å². The van der Waals surface area contributed by atoms with Crippen LogP contribution in [0.5, 0.6) is 5.75 Å². The first-order valence-corrected chi connectivity index (χ1v) is 13.2. The molecule has 2 aromatic heterocycles. The molecule has 10 heteroatoms. The lowest BCUT2D eigenvalue weighted by molar-refractivity contribution is -0.136. The molecule has 3 heterocycles. The molecule has 0 saturated heterocycles. The van der Waals surface area contributed by atoms with Gasteiger partial charge in [-0.25, -0.2) is 9.07 Å². The number of Topliss-reactive ketones (excluding diaryl/α,β-unsaturated/α-hetero) is 2. The number of aliphatic hydroxyl groups is 1. The van der Waals surface area contributed by atoms with Crippen LogP contribution in [0.15, 0.2) is 36.7 Å². The van der Waals surface area contributed by atoms with Crippen molar-refractivity contribution in [3.63, 3.8) is 0 Å². The van der Waals surface area contributed by atoms with Gasteiger partial charge in [0.1, 0.15) is 39.4 Å². The Balaban J connectivity index is 1.84. The van der Waals surface area contributed by atoms with Crippen molar-refractivity contribution in [2.24, 2.45) is 17.3 Å². The van der Waals surface area contributed by atoms with E-state index in [9.17, 15) is 23.9 Å². The fraction of sp³-hybridized carbons (Fsp3) is 0.429. The summed E-state index contributed by atoms with van der Waals surface area (Å²) in [5, 5.41) is 16.5. The van der Waals surface area contributed by atoms with Crippen LogP contribution >= 0.6 is 11.3 Å². The number of amides is 1. The van der Waals surface area contributed by atoms with Crippen molar-refractivity contribution in [3.05, 3.63) is 59.2 Å². The summed E-state index contributed by atoms with van der Waals surface area (Å²) in [5.74, 6) is -2.70. The van der Waals surface area contributed by atoms with Gasteiger partial charge < -0.3 is 9.84 Å². The molecule has 38 heavy (non-hydrogen) atoms. The molecule has 8 nitrogen and oxygen atoms in total. The molecule has 0 spiro atoms. The number of benzene rings is 1. The number of halogens is 1. The Labute approximate surface area is 225 Å². The molecule has 1 amide bonds. The van der Waals surface area contributed by atoms with Crippen LogP contribution in [0.3, 0.4) is 0 Å². The molecule has 1 unspecified atom stereocenters. The van der Waals surface area contributed by atoms with Gasteiger partial charge in [-0.3, -0.25) is 19.3 Å². The maximum Gasteiger partial charge on any atom is 0.239 e. The number of nitrogens with zero attached hydrogens (tertiary/aromatic N) is 3. The lowest BCUT2D eigenvalue weighted by Crippen LogP contribution is -2.53. The molecular formula is C28H32FN3O5S. The van der Waals surface area contributed by atoms with Crippen LogP contribution in [0.2, 0.25) is 0 Å². The molecule has 3 aromatic rings. The lowest BCUT2D eigenvalue weighted by atomic mass is 9.68. The van der Waals surface area contributed by atoms with Gasteiger partial charge in [0.05, 0.1) is 19.2 Å². The van der Waals surface area contributed by atoms with E-state index in [1.165, 1.54) is 35.5 Å². The highest BCUT2D eigenvalue weighted by Gasteiger charge is 2.52. The van der Waals surface area contributed by atoms with Crippen LogP contribution in [0.1, 0.15) is 61.7 Å².